The normalized spacial score (nSPS) is 11.7. The minimum absolute atomic E-state index is 0.204. The molecule has 0 unspecified atom stereocenters. The first-order chi connectivity index (χ1) is 13.4. The second kappa shape index (κ2) is 12.9. The molecule has 168 valence electrons. The Morgan fingerprint density at radius 2 is 1.17 bits per heavy atom. The van der Waals surface area contributed by atoms with E-state index < -0.39 is 35.3 Å². The number of amides is 1. The number of carboxylic acid groups (broad SMARTS) is 3. The van der Waals surface area contributed by atoms with Crippen molar-refractivity contribution in [3.63, 3.8) is 0 Å². The van der Waals surface area contributed by atoms with Gasteiger partial charge in [0.25, 0.3) is 0 Å². The van der Waals surface area contributed by atoms with Crippen molar-refractivity contribution < 1.29 is 53.4 Å². The molecule has 1 amide bonds. The van der Waals surface area contributed by atoms with E-state index in [1.54, 1.807) is 20.8 Å². The van der Waals surface area contributed by atoms with E-state index in [-0.39, 0.29) is 52.3 Å². The van der Waals surface area contributed by atoms with E-state index in [2.05, 4.69) is 5.32 Å². The Balaban J connectivity index is 5.26. The first-order valence-corrected chi connectivity index (χ1v) is 8.81. The summed E-state index contributed by atoms with van der Waals surface area (Å²) in [6.07, 6.45) is -1.91. The number of carbonyl (C=O) groups is 4. The molecule has 0 saturated heterocycles. The Bertz CT molecular complexity index is 534. The molecular weight excluding hydrogens is 394 g/mol. The van der Waals surface area contributed by atoms with Crippen molar-refractivity contribution in [2.24, 2.45) is 0 Å². The van der Waals surface area contributed by atoms with E-state index >= 15 is 0 Å². The number of hydrogen-bond acceptors (Lipinski definition) is 8. The van der Waals surface area contributed by atoms with Crippen molar-refractivity contribution in [3.05, 3.63) is 0 Å². The molecule has 0 aliphatic heterocycles. The molecule has 0 saturated carbocycles. The molecule has 0 aliphatic carbocycles. The Labute approximate surface area is 168 Å². The summed E-state index contributed by atoms with van der Waals surface area (Å²) in [5, 5.41) is 28.6. The molecule has 0 spiro atoms. The number of ether oxygens (including phenoxy) is 4. The van der Waals surface area contributed by atoms with Crippen molar-refractivity contribution >= 4 is 24.0 Å². The van der Waals surface area contributed by atoms with Crippen molar-refractivity contribution in [1.82, 2.24) is 5.32 Å². The highest BCUT2D eigenvalue weighted by Gasteiger charge is 2.36. The van der Waals surface area contributed by atoms with Crippen molar-refractivity contribution in [2.75, 3.05) is 33.0 Å². The van der Waals surface area contributed by atoms with Gasteiger partial charge in [-0.15, -0.1) is 0 Å². The molecule has 0 radical (unpaired) electrons. The predicted octanol–water partition coefficient (Wildman–Crippen LogP) is 0.681. The number of nitrogens with one attached hydrogen (secondary N) is 1. The molecule has 29 heavy (non-hydrogen) atoms. The summed E-state index contributed by atoms with van der Waals surface area (Å²) >= 11 is 0. The summed E-state index contributed by atoms with van der Waals surface area (Å²) in [5.74, 6) is -3.34. The molecule has 4 N–H and O–H groups in total. The Kier molecular flexibility index (Phi) is 11.8. The molecule has 0 aliphatic rings. The first-order valence-electron chi connectivity index (χ1n) is 8.81. The van der Waals surface area contributed by atoms with Gasteiger partial charge in [0.1, 0.15) is 5.60 Å². The van der Waals surface area contributed by atoms with Crippen LogP contribution in [-0.4, -0.2) is 83.7 Å². The number of hydrogen-bond donors (Lipinski definition) is 4. The first kappa shape index (κ1) is 26.6. The molecule has 12 nitrogen and oxygen atoms in total. The minimum atomic E-state index is -1.71. The third kappa shape index (κ3) is 15.2. The van der Waals surface area contributed by atoms with E-state index in [1.165, 1.54) is 0 Å². The van der Waals surface area contributed by atoms with Crippen LogP contribution in [0.15, 0.2) is 0 Å². The standard InChI is InChI=1S/C17H29NO11/c1-16(2,3)29-15(25)18-17(28-9-6-14(23)24,10-26-7-4-12(19)20)11-27-8-5-13(21)22/h4-11H2,1-3H3,(H,18,25)(H,19,20)(H,21,22)(H,23,24). The third-order valence-corrected chi connectivity index (χ3v) is 3.01. The second-order valence-corrected chi connectivity index (χ2v) is 7.01. The zero-order valence-corrected chi connectivity index (χ0v) is 16.8. The third-order valence-electron chi connectivity index (χ3n) is 3.01. The Morgan fingerprint density at radius 3 is 1.55 bits per heavy atom. The monoisotopic (exact) mass is 423 g/mol. The van der Waals surface area contributed by atoms with Gasteiger partial charge in [0, 0.05) is 0 Å². The van der Waals surface area contributed by atoms with Gasteiger partial charge in [-0.3, -0.25) is 19.7 Å². The van der Waals surface area contributed by atoms with Gasteiger partial charge < -0.3 is 34.3 Å². The highest BCUT2D eigenvalue weighted by molar-refractivity contribution is 5.69. The lowest BCUT2D eigenvalue weighted by Gasteiger charge is -2.34. The summed E-state index contributed by atoms with van der Waals surface area (Å²) < 4.78 is 21.2. The number of aliphatic carboxylic acids is 3. The zero-order chi connectivity index (χ0) is 22.5. The molecule has 0 aromatic rings. The summed E-state index contributed by atoms with van der Waals surface area (Å²) in [7, 11) is 0. The summed E-state index contributed by atoms with van der Waals surface area (Å²) in [4.78, 5) is 44.3. The van der Waals surface area contributed by atoms with Crippen LogP contribution in [0.2, 0.25) is 0 Å². The molecule has 0 fully saturated rings. The van der Waals surface area contributed by atoms with Crippen molar-refractivity contribution in [1.29, 1.82) is 0 Å². The van der Waals surface area contributed by atoms with E-state index in [9.17, 15) is 19.2 Å². The fourth-order valence-electron chi connectivity index (χ4n) is 1.85. The van der Waals surface area contributed by atoms with E-state index in [0.29, 0.717) is 0 Å². The lowest BCUT2D eigenvalue weighted by molar-refractivity contribution is -0.163. The van der Waals surface area contributed by atoms with Crippen molar-refractivity contribution in [2.45, 2.75) is 51.4 Å². The SMILES string of the molecule is CC(C)(C)OC(=O)NC(COCCC(=O)O)(COCCC(=O)O)OCCC(=O)O. The molecule has 0 rings (SSSR count). The van der Waals surface area contributed by atoms with Crippen LogP contribution in [0.25, 0.3) is 0 Å². The predicted molar refractivity (Wildman–Crippen MR) is 96.4 cm³/mol. The number of alkyl carbamates (subject to hydrolysis) is 1. The maximum atomic E-state index is 12.2. The van der Waals surface area contributed by atoms with Crippen LogP contribution in [0.5, 0.6) is 0 Å². The van der Waals surface area contributed by atoms with Crippen LogP contribution in [0.3, 0.4) is 0 Å². The van der Waals surface area contributed by atoms with Gasteiger partial charge in [-0.1, -0.05) is 0 Å². The minimum Gasteiger partial charge on any atom is -0.481 e. The highest BCUT2D eigenvalue weighted by Crippen LogP contribution is 2.14. The van der Waals surface area contributed by atoms with Gasteiger partial charge in [0.05, 0.1) is 52.3 Å². The average molecular weight is 423 g/mol. The molecular formula is C17H29NO11. The summed E-state index contributed by atoms with van der Waals surface area (Å²) in [5.41, 5.74) is -2.56. The lowest BCUT2D eigenvalue weighted by Crippen LogP contribution is -2.58. The highest BCUT2D eigenvalue weighted by atomic mass is 16.6. The number of rotatable bonds is 15. The largest absolute Gasteiger partial charge is 0.481 e. The molecule has 0 heterocycles. The smallest absolute Gasteiger partial charge is 0.410 e. The van der Waals surface area contributed by atoms with E-state index in [1.807, 2.05) is 0 Å². The summed E-state index contributed by atoms with van der Waals surface area (Å²) in [6.45, 7) is 3.40. The fourth-order valence-corrected chi connectivity index (χ4v) is 1.85. The zero-order valence-electron chi connectivity index (χ0n) is 16.8. The van der Waals surface area contributed by atoms with Crippen LogP contribution in [-0.2, 0) is 33.3 Å². The van der Waals surface area contributed by atoms with Crippen LogP contribution in [0.4, 0.5) is 4.79 Å². The quantitative estimate of drug-likeness (QED) is 0.215. The second-order valence-electron chi connectivity index (χ2n) is 7.01. The fraction of sp³-hybridized carbons (Fsp3) is 0.765. The van der Waals surface area contributed by atoms with Crippen LogP contribution < -0.4 is 5.32 Å². The molecule has 0 aromatic heterocycles. The van der Waals surface area contributed by atoms with Gasteiger partial charge in [-0.25, -0.2) is 4.79 Å². The van der Waals surface area contributed by atoms with Gasteiger partial charge >= 0.3 is 24.0 Å². The number of carbonyl (C=O) groups excluding carboxylic acids is 1. The molecule has 12 heteroatoms. The van der Waals surface area contributed by atoms with Crippen LogP contribution in [0, 0.1) is 0 Å². The molecule has 0 aromatic carbocycles. The maximum absolute atomic E-state index is 12.2. The van der Waals surface area contributed by atoms with Gasteiger partial charge in [0.15, 0.2) is 5.72 Å². The average Bonchev–Trinajstić information content (AvgIpc) is 2.53. The number of carboxylic acids is 3. The molecule has 0 bridgehead atoms. The lowest BCUT2D eigenvalue weighted by atomic mass is 10.2. The summed E-state index contributed by atoms with van der Waals surface area (Å²) in [6, 6.07) is 0. The van der Waals surface area contributed by atoms with E-state index in [4.69, 9.17) is 34.3 Å². The van der Waals surface area contributed by atoms with E-state index in [0.717, 1.165) is 0 Å². The van der Waals surface area contributed by atoms with Crippen molar-refractivity contribution in [3.8, 4) is 0 Å². The molecule has 0 atom stereocenters. The Hall–Kier alpha value is -2.44. The van der Waals surface area contributed by atoms with Gasteiger partial charge in [-0.2, -0.15) is 0 Å². The maximum Gasteiger partial charge on any atom is 0.410 e. The van der Waals surface area contributed by atoms with Crippen LogP contribution >= 0.6 is 0 Å². The van der Waals surface area contributed by atoms with Gasteiger partial charge in [0.2, 0.25) is 0 Å². The Morgan fingerprint density at radius 1 is 0.759 bits per heavy atom. The topological polar surface area (TPSA) is 178 Å². The van der Waals surface area contributed by atoms with Gasteiger partial charge in [-0.05, 0) is 20.8 Å². The van der Waals surface area contributed by atoms with Crippen LogP contribution in [0.1, 0.15) is 40.0 Å².